The van der Waals surface area contributed by atoms with E-state index in [9.17, 15) is 18.5 Å². The summed E-state index contributed by atoms with van der Waals surface area (Å²) in [5.41, 5.74) is 1.84. The summed E-state index contributed by atoms with van der Waals surface area (Å²) in [7, 11) is -3.78. The highest BCUT2D eigenvalue weighted by atomic mass is 32.2. The molecule has 1 fully saturated rings. The molecule has 1 aliphatic carbocycles. The molecule has 0 amide bonds. The van der Waals surface area contributed by atoms with E-state index >= 15 is 0 Å². The third kappa shape index (κ3) is 3.46. The summed E-state index contributed by atoms with van der Waals surface area (Å²) in [6.45, 7) is 0.321. The summed E-state index contributed by atoms with van der Waals surface area (Å²) in [6, 6.07) is 3.55. The maximum atomic E-state index is 12.2. The molecule has 0 radical (unpaired) electrons. The van der Waals surface area contributed by atoms with Gasteiger partial charge in [0, 0.05) is 17.4 Å². The van der Waals surface area contributed by atoms with Crippen molar-refractivity contribution in [2.24, 2.45) is 5.84 Å². The van der Waals surface area contributed by atoms with E-state index in [1.165, 1.54) is 12.1 Å². The molecule has 4 N–H and O–H groups in total. The molecule has 0 aliphatic heterocycles. The van der Waals surface area contributed by atoms with Crippen LogP contribution in [-0.4, -0.2) is 30.9 Å². The number of hydrogen-bond acceptors (Lipinski definition) is 7. The lowest BCUT2D eigenvalue weighted by Crippen LogP contribution is -2.31. The molecule has 0 bridgehead atoms. The van der Waals surface area contributed by atoms with Gasteiger partial charge in [0.15, 0.2) is 0 Å². The van der Waals surface area contributed by atoms with E-state index in [2.05, 4.69) is 10.1 Å². The van der Waals surface area contributed by atoms with Crippen LogP contribution in [0.5, 0.6) is 0 Å². The number of nitrogen functional groups attached to an aromatic ring is 1. The third-order valence-electron chi connectivity index (χ3n) is 3.46. The normalized spacial score (nSPS) is 16.5. The lowest BCUT2D eigenvalue weighted by molar-refractivity contribution is -0.384. The first-order valence-electron chi connectivity index (χ1n) is 6.13. The van der Waals surface area contributed by atoms with Crippen LogP contribution in [0.2, 0.25) is 0 Å². The number of nitro benzene ring substituents is 1. The average molecular weight is 332 g/mol. The fourth-order valence-corrected chi connectivity index (χ4v) is 3.82. The van der Waals surface area contributed by atoms with Gasteiger partial charge in [-0.25, -0.2) is 13.1 Å². The maximum Gasteiger partial charge on any atom is 0.294 e. The average Bonchev–Trinajstić information content (AvgIpc) is 3.25. The van der Waals surface area contributed by atoms with Crippen LogP contribution in [0.3, 0.4) is 0 Å². The van der Waals surface area contributed by atoms with Gasteiger partial charge in [-0.05, 0) is 31.2 Å². The Hall–Kier alpha value is -1.36. The third-order valence-corrected chi connectivity index (χ3v) is 6.27. The van der Waals surface area contributed by atoms with Gasteiger partial charge in [0.2, 0.25) is 10.0 Å². The van der Waals surface area contributed by atoms with Gasteiger partial charge in [-0.2, -0.15) is 11.8 Å². The Morgan fingerprint density at radius 2 is 2.14 bits per heavy atom. The highest BCUT2D eigenvalue weighted by molar-refractivity contribution is 8.00. The highest BCUT2D eigenvalue weighted by Gasteiger charge is 2.42. The summed E-state index contributed by atoms with van der Waals surface area (Å²) in [5, 5.41) is 10.9. The van der Waals surface area contributed by atoms with E-state index in [0.29, 0.717) is 6.54 Å². The Morgan fingerprint density at radius 1 is 1.48 bits per heavy atom. The number of rotatable bonds is 7. The highest BCUT2D eigenvalue weighted by Crippen LogP contribution is 2.46. The van der Waals surface area contributed by atoms with Crippen LogP contribution in [-0.2, 0) is 10.0 Å². The number of sulfonamides is 1. The Kier molecular flexibility index (Phi) is 4.42. The summed E-state index contributed by atoms with van der Waals surface area (Å²) in [5.74, 6) is 5.17. The zero-order valence-electron chi connectivity index (χ0n) is 11.3. The van der Waals surface area contributed by atoms with Gasteiger partial charge in [0.05, 0.1) is 9.82 Å². The standard InChI is InChI=1S/C11H16N4O4S2/c1-20-11(4-5-11)7-13-21(18,19)8-2-3-9(14-12)10(6-8)15(16)17/h2-3,6,13-14H,4-5,7,12H2,1H3. The topological polar surface area (TPSA) is 127 Å². The molecular formula is C11H16N4O4S2. The maximum absolute atomic E-state index is 12.2. The molecule has 116 valence electrons. The Labute approximate surface area is 126 Å². The monoisotopic (exact) mass is 332 g/mol. The lowest BCUT2D eigenvalue weighted by Gasteiger charge is -2.13. The zero-order chi connectivity index (χ0) is 15.7. The van der Waals surface area contributed by atoms with Crippen molar-refractivity contribution < 1.29 is 13.3 Å². The number of nitrogens with two attached hydrogens (primary N) is 1. The van der Waals surface area contributed by atoms with Crippen LogP contribution in [0.4, 0.5) is 11.4 Å². The largest absolute Gasteiger partial charge is 0.318 e. The molecule has 0 saturated heterocycles. The van der Waals surface area contributed by atoms with E-state index in [1.54, 1.807) is 11.8 Å². The molecular weight excluding hydrogens is 316 g/mol. The number of nitrogens with zero attached hydrogens (tertiary/aromatic N) is 1. The minimum Gasteiger partial charge on any atom is -0.318 e. The predicted octanol–water partition coefficient (Wildman–Crippen LogP) is 1.05. The molecule has 0 unspecified atom stereocenters. The van der Waals surface area contributed by atoms with Crippen molar-refractivity contribution in [3.05, 3.63) is 28.3 Å². The van der Waals surface area contributed by atoms with E-state index < -0.39 is 14.9 Å². The number of nitrogens with one attached hydrogen (secondary N) is 2. The van der Waals surface area contributed by atoms with E-state index in [1.807, 2.05) is 6.26 Å². The van der Waals surface area contributed by atoms with Crippen LogP contribution >= 0.6 is 11.8 Å². The van der Waals surface area contributed by atoms with Gasteiger partial charge in [0.1, 0.15) is 5.69 Å². The quantitative estimate of drug-likeness (QED) is 0.387. The van der Waals surface area contributed by atoms with Crippen LogP contribution in [0.15, 0.2) is 23.1 Å². The van der Waals surface area contributed by atoms with Gasteiger partial charge < -0.3 is 5.43 Å². The van der Waals surface area contributed by atoms with Gasteiger partial charge in [0.25, 0.3) is 5.69 Å². The molecule has 0 spiro atoms. The molecule has 1 saturated carbocycles. The first-order valence-corrected chi connectivity index (χ1v) is 8.84. The molecule has 8 nitrogen and oxygen atoms in total. The van der Waals surface area contributed by atoms with Crippen LogP contribution in [0.1, 0.15) is 12.8 Å². The van der Waals surface area contributed by atoms with Crippen molar-refractivity contribution in [2.75, 3.05) is 18.2 Å². The Bertz CT molecular complexity index is 658. The van der Waals surface area contributed by atoms with Gasteiger partial charge in [-0.15, -0.1) is 0 Å². The van der Waals surface area contributed by atoms with E-state index in [0.717, 1.165) is 18.9 Å². The molecule has 1 aromatic rings. The number of hydrazine groups is 1. The second-order valence-corrected chi connectivity index (χ2v) is 7.83. The zero-order valence-corrected chi connectivity index (χ0v) is 13.0. The van der Waals surface area contributed by atoms with Crippen molar-refractivity contribution in [3.63, 3.8) is 0 Å². The molecule has 2 rings (SSSR count). The SMILES string of the molecule is CSC1(CNS(=O)(=O)c2ccc(NN)c([N+](=O)[O-])c2)CC1. The Morgan fingerprint density at radius 3 is 2.62 bits per heavy atom. The summed E-state index contributed by atoms with van der Waals surface area (Å²) >= 11 is 1.63. The lowest BCUT2D eigenvalue weighted by atomic mass is 10.3. The summed E-state index contributed by atoms with van der Waals surface area (Å²) < 4.78 is 26.9. The first-order chi connectivity index (χ1) is 9.83. The number of nitro groups is 1. The van der Waals surface area contributed by atoms with E-state index in [4.69, 9.17) is 5.84 Å². The van der Waals surface area contributed by atoms with E-state index in [-0.39, 0.29) is 21.0 Å². The van der Waals surface area contributed by atoms with Crippen molar-refractivity contribution in [3.8, 4) is 0 Å². The molecule has 0 aromatic heterocycles. The predicted molar refractivity (Wildman–Crippen MR) is 81.6 cm³/mol. The molecule has 1 aliphatic rings. The number of anilines is 1. The van der Waals surface area contributed by atoms with Gasteiger partial charge in [-0.3, -0.25) is 16.0 Å². The molecule has 0 atom stereocenters. The number of thioether (sulfide) groups is 1. The van der Waals surface area contributed by atoms with Crippen molar-refractivity contribution >= 4 is 33.2 Å². The van der Waals surface area contributed by atoms with Crippen LogP contribution in [0.25, 0.3) is 0 Å². The molecule has 0 heterocycles. The molecule has 21 heavy (non-hydrogen) atoms. The van der Waals surface area contributed by atoms with Crippen LogP contribution in [0, 0.1) is 10.1 Å². The molecule has 1 aromatic carbocycles. The second-order valence-electron chi connectivity index (χ2n) is 4.79. The van der Waals surface area contributed by atoms with Gasteiger partial charge in [-0.1, -0.05) is 0 Å². The van der Waals surface area contributed by atoms with Crippen molar-refractivity contribution in [1.82, 2.24) is 4.72 Å². The van der Waals surface area contributed by atoms with Gasteiger partial charge >= 0.3 is 0 Å². The first kappa shape index (κ1) is 16.0. The fraction of sp³-hybridized carbons (Fsp3) is 0.455. The summed E-state index contributed by atoms with van der Waals surface area (Å²) in [4.78, 5) is 10.1. The van der Waals surface area contributed by atoms with Crippen LogP contribution < -0.4 is 16.0 Å². The minimum atomic E-state index is -3.78. The van der Waals surface area contributed by atoms with Crippen molar-refractivity contribution in [2.45, 2.75) is 22.5 Å². The summed E-state index contributed by atoms with van der Waals surface area (Å²) in [6.07, 6.45) is 3.87. The molecule has 10 heteroatoms. The fourth-order valence-electron chi connectivity index (χ4n) is 1.85. The second kappa shape index (κ2) is 5.79. The number of hydrogen-bond donors (Lipinski definition) is 3. The van der Waals surface area contributed by atoms with Crippen molar-refractivity contribution in [1.29, 1.82) is 0 Å². The Balaban J connectivity index is 2.23. The smallest absolute Gasteiger partial charge is 0.294 e. The number of benzene rings is 1. The minimum absolute atomic E-state index is 0.0300.